The zero-order valence-corrected chi connectivity index (χ0v) is 38.5. The van der Waals surface area contributed by atoms with Gasteiger partial charge in [0.15, 0.2) is 0 Å². The predicted octanol–water partition coefficient (Wildman–Crippen LogP) is 8.43. The zero-order chi connectivity index (χ0) is 40.6. The van der Waals surface area contributed by atoms with E-state index in [1.165, 1.54) is 66.5 Å². The van der Waals surface area contributed by atoms with Gasteiger partial charge in [-0.25, -0.2) is 0 Å². The molecule has 304 valence electrons. The van der Waals surface area contributed by atoms with Gasteiger partial charge < -0.3 is 24.8 Å². The van der Waals surface area contributed by atoms with Gasteiger partial charge in [0.05, 0.1) is 0 Å². The van der Waals surface area contributed by atoms with Crippen LogP contribution in [0.1, 0.15) is 124 Å². The average Bonchev–Trinajstić information content (AvgIpc) is 3.66. The zero-order valence-electron chi connectivity index (χ0n) is 34.5. The molecule has 0 fully saturated rings. The molecule has 0 radical (unpaired) electrons. The summed E-state index contributed by atoms with van der Waals surface area (Å²) >= 11 is -3.60. The van der Waals surface area contributed by atoms with Crippen molar-refractivity contribution < 1.29 is 72.4 Å². The van der Waals surface area contributed by atoms with Crippen LogP contribution in [0.3, 0.4) is 0 Å². The first-order valence-electron chi connectivity index (χ1n) is 19.1. The second-order valence-corrected chi connectivity index (χ2v) is 24.8. The molecule has 6 rings (SSSR count). The minimum absolute atomic E-state index is 0. The first-order valence-corrected chi connectivity index (χ1v) is 23.0. The standard InChI is InChI=1S/C21H25.C15H8F6.C12H19.2ClH.Zr/c1-20(2,3)16-9-7-14-11-15-8-10-17(21(4,5)6)13-19(15)18(14)12-16;16-14(17,18)12-5-1-10(2-6-12)9-11-3-7-13(8-4-11)15(19,20)21;1-9(2)10-6-7-11(8-10)12(3,4)5;;;/h7-13H,1-6H3;1-8H;7-10H,1-5H3;2*1H;/q;;;;;+2/p-2. The van der Waals surface area contributed by atoms with Crippen LogP contribution in [0.15, 0.2) is 106 Å². The van der Waals surface area contributed by atoms with Gasteiger partial charge in [0.2, 0.25) is 0 Å². The maximum Gasteiger partial charge on any atom is -1.00 e. The van der Waals surface area contributed by atoms with Crippen molar-refractivity contribution >= 4 is 3.21 Å². The van der Waals surface area contributed by atoms with Crippen LogP contribution in [-0.2, 0) is 44.4 Å². The molecular formula is C48H52Cl2F6Zr. The minimum atomic E-state index is -4.53. The fourth-order valence-corrected chi connectivity index (χ4v) is 18.0. The van der Waals surface area contributed by atoms with Crippen LogP contribution in [0.5, 0.6) is 0 Å². The Kier molecular flexibility index (Phi) is 13.5. The van der Waals surface area contributed by atoms with Crippen molar-refractivity contribution in [3.63, 3.8) is 0 Å². The van der Waals surface area contributed by atoms with Gasteiger partial charge in [0.1, 0.15) is 0 Å². The summed E-state index contributed by atoms with van der Waals surface area (Å²) in [5.74, 6) is 0.285. The molecule has 1 unspecified atom stereocenters. The largest absolute Gasteiger partial charge is 1.00 e. The van der Waals surface area contributed by atoms with Crippen LogP contribution < -0.4 is 24.8 Å². The molecule has 0 amide bonds. The third-order valence-electron chi connectivity index (χ3n) is 11.2. The van der Waals surface area contributed by atoms with Gasteiger partial charge in [0, 0.05) is 0 Å². The number of hydrogen-bond donors (Lipinski definition) is 0. The number of hydrogen-bond acceptors (Lipinski definition) is 0. The van der Waals surface area contributed by atoms with Gasteiger partial charge in [-0.2, -0.15) is 0 Å². The van der Waals surface area contributed by atoms with Gasteiger partial charge in [0.25, 0.3) is 0 Å². The summed E-state index contributed by atoms with van der Waals surface area (Å²) in [4.78, 5) is 0. The van der Waals surface area contributed by atoms with E-state index in [0.29, 0.717) is 11.1 Å². The summed E-state index contributed by atoms with van der Waals surface area (Å²) in [6, 6.07) is 24.2. The maximum atomic E-state index is 14.0. The van der Waals surface area contributed by atoms with E-state index in [1.54, 1.807) is 0 Å². The fourth-order valence-electron chi connectivity index (χ4n) is 7.95. The Labute approximate surface area is 355 Å². The minimum Gasteiger partial charge on any atom is -1.00 e. The van der Waals surface area contributed by atoms with E-state index in [9.17, 15) is 26.3 Å². The van der Waals surface area contributed by atoms with Crippen LogP contribution in [0.4, 0.5) is 26.3 Å². The number of rotatable bonds is 5. The van der Waals surface area contributed by atoms with Crippen LogP contribution in [-0.4, -0.2) is 3.21 Å². The molecular weight excluding hydrogens is 853 g/mol. The van der Waals surface area contributed by atoms with E-state index in [1.807, 2.05) is 0 Å². The number of allylic oxidation sites excluding steroid dienone is 4. The van der Waals surface area contributed by atoms with Crippen LogP contribution in [0.25, 0.3) is 11.1 Å². The van der Waals surface area contributed by atoms with Crippen molar-refractivity contribution in [3.8, 4) is 11.1 Å². The molecule has 0 saturated carbocycles. The third-order valence-corrected chi connectivity index (χ3v) is 19.6. The van der Waals surface area contributed by atoms with E-state index >= 15 is 0 Å². The summed E-state index contributed by atoms with van der Waals surface area (Å²) in [6.07, 6.45) is -4.33. The molecule has 57 heavy (non-hydrogen) atoms. The number of alkyl halides is 6. The number of benzene rings is 4. The monoisotopic (exact) mass is 902 g/mol. The van der Waals surface area contributed by atoms with Gasteiger partial charge in [-0.1, -0.05) is 0 Å². The van der Waals surface area contributed by atoms with Crippen LogP contribution >= 0.6 is 0 Å². The Morgan fingerprint density at radius 1 is 0.526 bits per heavy atom. The Morgan fingerprint density at radius 2 is 0.895 bits per heavy atom. The quantitative estimate of drug-likeness (QED) is 0.177. The van der Waals surface area contributed by atoms with Crippen LogP contribution in [0, 0.1) is 17.3 Å². The molecule has 0 N–H and O–H groups in total. The van der Waals surface area contributed by atoms with Crippen molar-refractivity contribution in [1.29, 1.82) is 0 Å². The number of halogens is 8. The van der Waals surface area contributed by atoms with E-state index in [2.05, 4.69) is 125 Å². The summed E-state index contributed by atoms with van der Waals surface area (Å²) in [6.45, 7) is 24.2. The molecule has 4 aromatic rings. The molecule has 0 bridgehead atoms. The molecule has 0 aromatic heterocycles. The molecule has 4 aromatic carbocycles. The molecule has 0 aliphatic heterocycles. The number of fused-ring (bicyclic) bond motifs is 3. The molecule has 1 atom stereocenters. The first-order chi connectivity index (χ1) is 25.3. The molecule has 0 saturated heterocycles. The second-order valence-electron chi connectivity index (χ2n) is 18.7. The first kappa shape index (κ1) is 47.0. The van der Waals surface area contributed by atoms with Crippen LogP contribution in [0.2, 0.25) is 0 Å². The average molecular weight is 905 g/mol. The molecule has 2 aliphatic rings. The third kappa shape index (κ3) is 9.52. The van der Waals surface area contributed by atoms with E-state index in [-0.39, 0.29) is 56.5 Å². The Balaban J connectivity index is 0.00000360. The second kappa shape index (κ2) is 16.4. The predicted molar refractivity (Wildman–Crippen MR) is 211 cm³/mol. The van der Waals surface area contributed by atoms with Crippen molar-refractivity contribution in [2.24, 2.45) is 17.3 Å². The normalized spacial score (nSPS) is 15.8. The molecule has 0 nitrogen and oxygen atoms in total. The van der Waals surface area contributed by atoms with E-state index in [4.69, 9.17) is 0 Å². The van der Waals surface area contributed by atoms with E-state index in [0.717, 1.165) is 27.5 Å². The summed E-state index contributed by atoms with van der Waals surface area (Å²) in [5, 5.41) is 0. The topological polar surface area (TPSA) is 0 Å². The summed E-state index contributed by atoms with van der Waals surface area (Å²) < 4.78 is 86.1. The van der Waals surface area contributed by atoms with Crippen molar-refractivity contribution in [3.05, 3.63) is 150 Å². The summed E-state index contributed by atoms with van der Waals surface area (Å²) in [5.41, 5.74) is 7.67. The Hall–Kier alpha value is -2.73. The Morgan fingerprint density at radius 3 is 1.21 bits per heavy atom. The fraction of sp³-hybridized carbons (Fsp3) is 0.396. The van der Waals surface area contributed by atoms with Crippen molar-refractivity contribution in [1.82, 2.24) is 0 Å². The smallest absolute Gasteiger partial charge is 1.00 e. The maximum absolute atomic E-state index is 14.0. The van der Waals surface area contributed by atoms with Gasteiger partial charge in [-0.3, -0.25) is 0 Å². The molecule has 9 heteroatoms. The SMILES string of the molecule is CC(C)C1C=C(C(C)(C)C)C=[C]1[Zr+2](=[C](c1ccc(C(F)(F)F)cc1)c1ccc(C(F)(F)F)cc1)[CH]1c2ccc(C(C)(C)C)cc2-c2cc(C(C)(C)C)ccc21.[Cl-].[Cl-]. The van der Waals surface area contributed by atoms with Crippen molar-refractivity contribution in [2.45, 2.75) is 103 Å². The van der Waals surface area contributed by atoms with Gasteiger partial charge in [-0.05, 0) is 0 Å². The van der Waals surface area contributed by atoms with E-state index < -0.39 is 44.7 Å². The summed E-state index contributed by atoms with van der Waals surface area (Å²) in [7, 11) is 0. The molecule has 0 heterocycles. The van der Waals surface area contributed by atoms with Gasteiger partial charge in [-0.15, -0.1) is 0 Å². The molecule has 0 spiro atoms. The Bertz CT molecular complexity index is 2080. The van der Waals surface area contributed by atoms with Crippen molar-refractivity contribution in [2.75, 3.05) is 0 Å². The van der Waals surface area contributed by atoms with Gasteiger partial charge >= 0.3 is 333 Å². The molecule has 2 aliphatic carbocycles.